The molecule has 0 aliphatic carbocycles. The van der Waals surface area contributed by atoms with Crippen LogP contribution in [-0.4, -0.2) is 29.8 Å². The molecule has 1 aliphatic heterocycles. The highest BCUT2D eigenvalue weighted by atomic mass is 19.4. The highest BCUT2D eigenvalue weighted by Crippen LogP contribution is 2.37. The predicted octanol–water partition coefficient (Wildman–Crippen LogP) is 5.28. The largest absolute Gasteiger partial charge is 0.493 e. The second-order valence-corrected chi connectivity index (χ2v) is 7.13. The van der Waals surface area contributed by atoms with E-state index < -0.39 is 24.0 Å². The van der Waals surface area contributed by atoms with E-state index >= 15 is 0 Å². The quantitative estimate of drug-likeness (QED) is 0.494. The summed E-state index contributed by atoms with van der Waals surface area (Å²) in [6.07, 6.45) is -3.48. The molecule has 1 fully saturated rings. The van der Waals surface area contributed by atoms with Crippen molar-refractivity contribution >= 4 is 0 Å². The van der Waals surface area contributed by atoms with Gasteiger partial charge in [0.15, 0.2) is 23.5 Å². The van der Waals surface area contributed by atoms with Crippen molar-refractivity contribution in [2.75, 3.05) is 13.7 Å². The van der Waals surface area contributed by atoms with Gasteiger partial charge in [-0.15, -0.1) is 0 Å². The van der Waals surface area contributed by atoms with E-state index in [4.69, 9.17) is 14.2 Å². The van der Waals surface area contributed by atoms with Crippen LogP contribution in [0.5, 0.6) is 11.5 Å². The van der Waals surface area contributed by atoms with Crippen LogP contribution in [0.3, 0.4) is 0 Å². The second kappa shape index (κ2) is 8.58. The Kier molecular flexibility index (Phi) is 5.86. The lowest BCUT2D eigenvalue weighted by Crippen LogP contribution is -2.14. The van der Waals surface area contributed by atoms with Gasteiger partial charge in [-0.1, -0.05) is 12.1 Å². The number of aromatic nitrogens is 2. The Morgan fingerprint density at radius 1 is 1.13 bits per heavy atom. The first-order chi connectivity index (χ1) is 14.8. The van der Waals surface area contributed by atoms with Crippen LogP contribution in [0.1, 0.15) is 24.1 Å². The molecule has 2 aromatic carbocycles. The Morgan fingerprint density at radius 3 is 2.65 bits per heavy atom. The van der Waals surface area contributed by atoms with Gasteiger partial charge in [0.1, 0.15) is 5.82 Å². The third-order valence-corrected chi connectivity index (χ3v) is 4.90. The van der Waals surface area contributed by atoms with E-state index in [9.17, 15) is 17.6 Å². The van der Waals surface area contributed by atoms with Crippen molar-refractivity contribution in [2.45, 2.75) is 31.9 Å². The first-order valence-corrected chi connectivity index (χ1v) is 9.69. The molecule has 1 unspecified atom stereocenters. The van der Waals surface area contributed by atoms with Crippen LogP contribution in [0, 0.1) is 5.82 Å². The molecular weight excluding hydrogens is 416 g/mol. The fourth-order valence-corrected chi connectivity index (χ4v) is 3.43. The molecule has 4 rings (SSSR count). The summed E-state index contributed by atoms with van der Waals surface area (Å²) in [4.78, 5) is 0. The number of nitrogens with zero attached hydrogens (tertiary/aromatic N) is 2. The Bertz CT molecular complexity index is 1060. The molecule has 0 spiro atoms. The van der Waals surface area contributed by atoms with E-state index in [-0.39, 0.29) is 12.2 Å². The van der Waals surface area contributed by atoms with E-state index in [0.29, 0.717) is 35.7 Å². The van der Waals surface area contributed by atoms with Gasteiger partial charge < -0.3 is 14.2 Å². The minimum atomic E-state index is -4.62. The van der Waals surface area contributed by atoms with Crippen LogP contribution >= 0.6 is 0 Å². The molecule has 0 saturated carbocycles. The number of benzene rings is 2. The lowest BCUT2D eigenvalue weighted by molar-refractivity contribution is -0.141. The minimum absolute atomic E-state index is 0.0306. The Balaban J connectivity index is 1.74. The average Bonchev–Trinajstić information content (AvgIpc) is 3.38. The zero-order chi connectivity index (χ0) is 22.0. The monoisotopic (exact) mass is 436 g/mol. The maximum absolute atomic E-state index is 13.6. The van der Waals surface area contributed by atoms with Gasteiger partial charge in [0.25, 0.3) is 0 Å². The average molecular weight is 436 g/mol. The van der Waals surface area contributed by atoms with Crippen LogP contribution in [0.15, 0.2) is 48.5 Å². The molecule has 2 heterocycles. The fraction of sp³-hybridized carbons (Fsp3) is 0.318. The number of alkyl halides is 3. The number of methoxy groups -OCH3 is 1. The fourth-order valence-electron chi connectivity index (χ4n) is 3.43. The molecule has 31 heavy (non-hydrogen) atoms. The highest BCUT2D eigenvalue weighted by Gasteiger charge is 2.35. The van der Waals surface area contributed by atoms with Gasteiger partial charge in [-0.2, -0.15) is 18.3 Å². The molecule has 0 bridgehead atoms. The summed E-state index contributed by atoms with van der Waals surface area (Å²) < 4.78 is 71.5. The summed E-state index contributed by atoms with van der Waals surface area (Å²) in [5.41, 5.74) is 0.128. The normalized spacial score (nSPS) is 16.5. The molecule has 1 aromatic heterocycles. The van der Waals surface area contributed by atoms with Crippen molar-refractivity contribution in [1.82, 2.24) is 9.78 Å². The van der Waals surface area contributed by atoms with Crippen molar-refractivity contribution in [3.63, 3.8) is 0 Å². The lowest BCUT2D eigenvalue weighted by Gasteiger charge is -2.17. The van der Waals surface area contributed by atoms with Gasteiger partial charge >= 0.3 is 6.18 Å². The van der Waals surface area contributed by atoms with E-state index in [1.807, 2.05) is 0 Å². The van der Waals surface area contributed by atoms with Crippen molar-refractivity contribution in [1.29, 1.82) is 0 Å². The highest BCUT2D eigenvalue weighted by molar-refractivity contribution is 5.65. The zero-order valence-corrected chi connectivity index (χ0v) is 16.7. The first-order valence-electron chi connectivity index (χ1n) is 9.69. The Hall–Kier alpha value is -3.07. The molecule has 1 atom stereocenters. The number of ether oxygens (including phenoxy) is 3. The van der Waals surface area contributed by atoms with E-state index in [2.05, 4.69) is 5.10 Å². The molecule has 5 nitrogen and oxygen atoms in total. The standard InChI is InChI=1S/C22H20F4N2O3/c1-29-18-8-7-15(11-19(18)31-21-6-3-9-30-21)17-12-20(22(24,25)26)27-28(17)13-14-4-2-5-16(23)10-14/h2,4-5,7-8,10-12,21H,3,6,9,13H2,1H3. The van der Waals surface area contributed by atoms with Gasteiger partial charge in [-0.3, -0.25) is 4.68 Å². The number of hydrogen-bond acceptors (Lipinski definition) is 4. The molecular formula is C22H20F4N2O3. The maximum Gasteiger partial charge on any atom is 0.435 e. The molecule has 1 aliphatic rings. The summed E-state index contributed by atoms with van der Waals surface area (Å²) >= 11 is 0. The Labute approximate surface area is 176 Å². The molecule has 0 N–H and O–H groups in total. The van der Waals surface area contributed by atoms with Crippen LogP contribution < -0.4 is 9.47 Å². The molecule has 3 aromatic rings. The molecule has 164 valence electrons. The molecule has 0 amide bonds. The van der Waals surface area contributed by atoms with Crippen molar-refractivity contribution < 1.29 is 31.8 Å². The van der Waals surface area contributed by atoms with Gasteiger partial charge in [0.05, 0.1) is 26.0 Å². The summed E-state index contributed by atoms with van der Waals surface area (Å²) in [5.74, 6) is 0.324. The molecule has 0 radical (unpaired) electrons. The van der Waals surface area contributed by atoms with E-state index in [1.165, 1.54) is 30.0 Å². The third-order valence-electron chi connectivity index (χ3n) is 4.90. The van der Waals surface area contributed by atoms with Crippen LogP contribution in [0.2, 0.25) is 0 Å². The summed E-state index contributed by atoms with van der Waals surface area (Å²) in [5, 5.41) is 3.73. The second-order valence-electron chi connectivity index (χ2n) is 7.13. The van der Waals surface area contributed by atoms with Gasteiger partial charge in [0.2, 0.25) is 0 Å². The zero-order valence-electron chi connectivity index (χ0n) is 16.7. The van der Waals surface area contributed by atoms with Crippen molar-refractivity contribution in [3.8, 4) is 22.8 Å². The first kappa shape index (κ1) is 21.2. The van der Waals surface area contributed by atoms with Gasteiger partial charge in [-0.25, -0.2) is 4.39 Å². The Morgan fingerprint density at radius 2 is 1.97 bits per heavy atom. The van der Waals surface area contributed by atoms with Crippen molar-refractivity contribution in [3.05, 3.63) is 65.6 Å². The number of halogens is 4. The topological polar surface area (TPSA) is 45.5 Å². The smallest absolute Gasteiger partial charge is 0.435 e. The summed E-state index contributed by atoms with van der Waals surface area (Å²) in [7, 11) is 1.48. The van der Waals surface area contributed by atoms with Crippen LogP contribution in [-0.2, 0) is 17.5 Å². The summed E-state index contributed by atoms with van der Waals surface area (Å²) in [6, 6.07) is 11.5. The minimum Gasteiger partial charge on any atom is -0.493 e. The van der Waals surface area contributed by atoms with Crippen LogP contribution in [0.25, 0.3) is 11.3 Å². The number of rotatable bonds is 6. The number of hydrogen-bond donors (Lipinski definition) is 0. The predicted molar refractivity (Wildman–Crippen MR) is 104 cm³/mol. The lowest BCUT2D eigenvalue weighted by atomic mass is 10.1. The van der Waals surface area contributed by atoms with Crippen LogP contribution in [0.4, 0.5) is 17.6 Å². The van der Waals surface area contributed by atoms with Gasteiger partial charge in [0, 0.05) is 12.0 Å². The molecule has 9 heteroatoms. The molecule has 1 saturated heterocycles. The van der Waals surface area contributed by atoms with Crippen molar-refractivity contribution in [2.24, 2.45) is 0 Å². The van der Waals surface area contributed by atoms with E-state index in [1.54, 1.807) is 24.3 Å². The maximum atomic E-state index is 13.6. The SMILES string of the molecule is COc1ccc(-c2cc(C(F)(F)F)nn2Cc2cccc(F)c2)cc1OC1CCCO1. The van der Waals surface area contributed by atoms with Gasteiger partial charge in [-0.05, 0) is 48.4 Å². The third kappa shape index (κ3) is 4.82. The van der Waals surface area contributed by atoms with E-state index in [0.717, 1.165) is 12.5 Å². The summed E-state index contributed by atoms with van der Waals surface area (Å²) in [6.45, 7) is 0.555.